The molecular formula is C13H17ClINO2. The third-order valence-corrected chi connectivity index (χ3v) is 5.21. The maximum Gasteiger partial charge on any atom is 0.208 e. The third kappa shape index (κ3) is 2.67. The Balaban J connectivity index is 2.28. The summed E-state index contributed by atoms with van der Waals surface area (Å²) in [6.07, 6.45) is 0. The third-order valence-electron chi connectivity index (χ3n) is 3.30. The van der Waals surface area contributed by atoms with E-state index in [4.69, 9.17) is 16.3 Å². The molecule has 2 N–H and O–H groups in total. The lowest BCUT2D eigenvalue weighted by molar-refractivity contribution is -0.262. The Kier molecular flexibility index (Phi) is 4.23. The van der Waals surface area contributed by atoms with Gasteiger partial charge < -0.3 is 15.2 Å². The Hall–Kier alpha value is 0.120. The molecule has 1 aromatic rings. The van der Waals surface area contributed by atoms with E-state index in [0.717, 1.165) is 4.43 Å². The summed E-state index contributed by atoms with van der Waals surface area (Å²) in [6, 6.07) is 6.97. The standard InChI is InChI=1S/C13H17ClINO2/c1-9-13(17,10-4-3-5-11(14)6-10)18-8-12(2,7-15)16-9/h3-6,9,16-17H,7-8H2,1-2H3. The minimum atomic E-state index is -1.32. The molecule has 3 atom stereocenters. The van der Waals surface area contributed by atoms with Crippen LogP contribution in [0, 0.1) is 0 Å². The van der Waals surface area contributed by atoms with Gasteiger partial charge in [-0.25, -0.2) is 0 Å². The van der Waals surface area contributed by atoms with Crippen LogP contribution >= 0.6 is 34.2 Å². The molecule has 0 radical (unpaired) electrons. The van der Waals surface area contributed by atoms with Gasteiger partial charge in [0.1, 0.15) is 0 Å². The number of alkyl halides is 1. The van der Waals surface area contributed by atoms with Crippen LogP contribution in [0.5, 0.6) is 0 Å². The fraction of sp³-hybridized carbons (Fsp3) is 0.538. The van der Waals surface area contributed by atoms with Gasteiger partial charge in [-0.1, -0.05) is 46.3 Å². The Labute approximate surface area is 126 Å². The zero-order chi connectivity index (χ0) is 13.4. The fourth-order valence-corrected chi connectivity index (χ4v) is 2.81. The van der Waals surface area contributed by atoms with Crippen molar-refractivity contribution in [3.63, 3.8) is 0 Å². The molecule has 0 spiro atoms. The first-order valence-corrected chi connectivity index (χ1v) is 7.76. The number of rotatable bonds is 2. The van der Waals surface area contributed by atoms with Crippen LogP contribution in [0.2, 0.25) is 5.02 Å². The summed E-state index contributed by atoms with van der Waals surface area (Å²) < 4.78 is 6.67. The largest absolute Gasteiger partial charge is 0.361 e. The Morgan fingerprint density at radius 3 is 2.89 bits per heavy atom. The average molecular weight is 382 g/mol. The summed E-state index contributed by atoms with van der Waals surface area (Å²) in [5, 5.41) is 14.7. The first kappa shape index (κ1) is 14.5. The van der Waals surface area contributed by atoms with Gasteiger partial charge in [-0.15, -0.1) is 0 Å². The highest BCUT2D eigenvalue weighted by atomic mass is 127. The van der Waals surface area contributed by atoms with Gasteiger partial charge in [-0.3, -0.25) is 0 Å². The van der Waals surface area contributed by atoms with Gasteiger partial charge in [0.25, 0.3) is 0 Å². The number of nitrogens with one attached hydrogen (secondary N) is 1. The summed E-state index contributed by atoms with van der Waals surface area (Å²) in [4.78, 5) is 0. The molecule has 3 nitrogen and oxygen atoms in total. The van der Waals surface area contributed by atoms with Crippen molar-refractivity contribution >= 4 is 34.2 Å². The Morgan fingerprint density at radius 2 is 2.33 bits per heavy atom. The number of ether oxygens (including phenoxy) is 1. The summed E-state index contributed by atoms with van der Waals surface area (Å²) in [5.41, 5.74) is 0.579. The second-order valence-corrected chi connectivity index (χ2v) is 6.26. The van der Waals surface area contributed by atoms with Crippen LogP contribution in [-0.2, 0) is 10.5 Å². The van der Waals surface area contributed by atoms with Crippen molar-refractivity contribution in [2.75, 3.05) is 11.0 Å². The predicted molar refractivity (Wildman–Crippen MR) is 81.2 cm³/mol. The topological polar surface area (TPSA) is 41.5 Å². The SMILES string of the molecule is CC1NC(C)(CI)COC1(O)c1cccc(Cl)c1. The normalized spacial score (nSPS) is 36.6. The van der Waals surface area contributed by atoms with Gasteiger partial charge in [0.15, 0.2) is 0 Å². The number of benzene rings is 1. The molecule has 1 aliphatic rings. The molecule has 0 amide bonds. The van der Waals surface area contributed by atoms with Crippen LogP contribution in [0.15, 0.2) is 24.3 Å². The van der Waals surface area contributed by atoms with Gasteiger partial charge >= 0.3 is 0 Å². The summed E-state index contributed by atoms with van der Waals surface area (Å²) >= 11 is 8.29. The first-order chi connectivity index (χ1) is 8.39. The molecule has 1 heterocycles. The lowest BCUT2D eigenvalue weighted by Crippen LogP contribution is -2.65. The van der Waals surface area contributed by atoms with Crippen LogP contribution < -0.4 is 5.32 Å². The van der Waals surface area contributed by atoms with E-state index in [9.17, 15) is 5.11 Å². The van der Waals surface area contributed by atoms with E-state index in [0.29, 0.717) is 17.2 Å². The van der Waals surface area contributed by atoms with E-state index in [1.807, 2.05) is 19.1 Å². The molecule has 0 aromatic heterocycles. The Morgan fingerprint density at radius 1 is 1.61 bits per heavy atom. The van der Waals surface area contributed by atoms with Crippen molar-refractivity contribution in [3.05, 3.63) is 34.9 Å². The highest BCUT2D eigenvalue weighted by molar-refractivity contribution is 14.1. The minimum Gasteiger partial charge on any atom is -0.361 e. The lowest BCUT2D eigenvalue weighted by atomic mass is 9.92. The molecule has 2 rings (SSSR count). The number of hydrogen-bond donors (Lipinski definition) is 2. The van der Waals surface area contributed by atoms with Gasteiger partial charge in [0, 0.05) is 20.6 Å². The van der Waals surface area contributed by atoms with Gasteiger partial charge in [-0.05, 0) is 26.0 Å². The maximum atomic E-state index is 10.7. The number of morpholine rings is 1. The summed E-state index contributed by atoms with van der Waals surface area (Å²) in [6.45, 7) is 4.47. The summed E-state index contributed by atoms with van der Waals surface area (Å²) in [5.74, 6) is -1.32. The molecule has 0 aliphatic carbocycles. The van der Waals surface area contributed by atoms with Crippen LogP contribution in [0.3, 0.4) is 0 Å². The zero-order valence-electron chi connectivity index (χ0n) is 10.4. The average Bonchev–Trinajstić information content (AvgIpc) is 2.35. The molecule has 5 heteroatoms. The molecule has 1 fully saturated rings. The van der Waals surface area contributed by atoms with E-state index in [-0.39, 0.29) is 11.6 Å². The molecule has 0 bridgehead atoms. The molecular weight excluding hydrogens is 365 g/mol. The van der Waals surface area contributed by atoms with E-state index in [2.05, 4.69) is 34.8 Å². The number of aliphatic hydroxyl groups is 1. The van der Waals surface area contributed by atoms with Crippen LogP contribution in [0.4, 0.5) is 0 Å². The van der Waals surface area contributed by atoms with Crippen molar-refractivity contribution in [1.82, 2.24) is 5.32 Å². The highest BCUT2D eigenvalue weighted by Crippen LogP contribution is 2.34. The van der Waals surface area contributed by atoms with Gasteiger partial charge in [-0.2, -0.15) is 0 Å². The minimum absolute atomic E-state index is 0.106. The maximum absolute atomic E-state index is 10.7. The van der Waals surface area contributed by atoms with Crippen molar-refractivity contribution in [2.24, 2.45) is 0 Å². The van der Waals surface area contributed by atoms with Crippen LogP contribution in [-0.4, -0.2) is 27.7 Å². The number of halogens is 2. The van der Waals surface area contributed by atoms with Crippen molar-refractivity contribution in [1.29, 1.82) is 0 Å². The van der Waals surface area contributed by atoms with Gasteiger partial charge in [0.2, 0.25) is 5.79 Å². The molecule has 18 heavy (non-hydrogen) atoms. The quantitative estimate of drug-likeness (QED) is 0.611. The molecule has 100 valence electrons. The zero-order valence-corrected chi connectivity index (χ0v) is 13.3. The fourth-order valence-electron chi connectivity index (χ4n) is 2.18. The predicted octanol–water partition coefficient (Wildman–Crippen LogP) is 2.69. The van der Waals surface area contributed by atoms with E-state index >= 15 is 0 Å². The van der Waals surface area contributed by atoms with E-state index < -0.39 is 5.79 Å². The highest BCUT2D eigenvalue weighted by Gasteiger charge is 2.46. The second kappa shape index (κ2) is 5.25. The lowest BCUT2D eigenvalue weighted by Gasteiger charge is -2.47. The molecule has 1 saturated heterocycles. The number of hydrogen-bond acceptors (Lipinski definition) is 3. The monoisotopic (exact) mass is 381 g/mol. The molecule has 3 unspecified atom stereocenters. The first-order valence-electron chi connectivity index (χ1n) is 5.86. The summed E-state index contributed by atoms with van der Waals surface area (Å²) in [7, 11) is 0. The van der Waals surface area contributed by atoms with Gasteiger partial charge in [0.05, 0.1) is 12.6 Å². The second-order valence-electron chi connectivity index (χ2n) is 5.06. The molecule has 1 aromatic carbocycles. The Bertz CT molecular complexity index is 445. The molecule has 1 aliphatic heterocycles. The van der Waals surface area contributed by atoms with Crippen molar-refractivity contribution in [2.45, 2.75) is 31.2 Å². The molecule has 0 saturated carbocycles. The van der Waals surface area contributed by atoms with Crippen LogP contribution in [0.25, 0.3) is 0 Å². The van der Waals surface area contributed by atoms with E-state index in [1.54, 1.807) is 12.1 Å². The van der Waals surface area contributed by atoms with E-state index in [1.165, 1.54) is 0 Å². The van der Waals surface area contributed by atoms with Crippen molar-refractivity contribution in [3.8, 4) is 0 Å². The smallest absolute Gasteiger partial charge is 0.208 e. The van der Waals surface area contributed by atoms with Crippen molar-refractivity contribution < 1.29 is 9.84 Å². The van der Waals surface area contributed by atoms with Crippen LogP contribution in [0.1, 0.15) is 19.4 Å².